The zero-order valence-corrected chi connectivity index (χ0v) is 33.5. The Hall–Kier alpha value is -2.70. The van der Waals surface area contributed by atoms with Gasteiger partial charge in [-0.15, -0.1) is 0 Å². The molecule has 3 heterocycles. The number of nitrogens with zero attached hydrogens (tertiary/aromatic N) is 1. The number of piperidine rings is 1. The van der Waals surface area contributed by atoms with Crippen molar-refractivity contribution in [3.05, 3.63) is 36.0 Å². The molecule has 304 valence electrons. The Morgan fingerprint density at radius 3 is 2.33 bits per heavy atom. The first-order chi connectivity index (χ1) is 25.6. The van der Waals surface area contributed by atoms with Crippen LogP contribution in [0.2, 0.25) is 0 Å². The van der Waals surface area contributed by atoms with Crippen molar-refractivity contribution in [2.75, 3.05) is 13.7 Å². The molecule has 0 aromatic carbocycles. The summed E-state index contributed by atoms with van der Waals surface area (Å²) in [6, 6.07) is -1.05. The lowest BCUT2D eigenvalue weighted by Gasteiger charge is -2.42. The highest BCUT2D eigenvalue weighted by Gasteiger charge is 2.53. The topological polar surface area (TPSA) is 160 Å². The summed E-state index contributed by atoms with van der Waals surface area (Å²) in [5.74, 6) is -5.83. The number of aliphatic hydroxyl groups is 3. The first kappa shape index (κ1) is 44.0. The van der Waals surface area contributed by atoms with Gasteiger partial charge in [-0.2, -0.15) is 0 Å². The van der Waals surface area contributed by atoms with Gasteiger partial charge >= 0.3 is 5.97 Å². The predicted octanol–water partition coefficient (Wildman–Crippen LogP) is 5.78. The molecule has 3 aliphatic heterocycles. The molecule has 0 aromatic rings. The molecular weight excluding hydrogens is 690 g/mol. The van der Waals surface area contributed by atoms with E-state index >= 15 is 0 Å². The zero-order valence-electron chi connectivity index (χ0n) is 33.5. The molecule has 10 atom stereocenters. The van der Waals surface area contributed by atoms with E-state index in [1.165, 1.54) is 4.90 Å². The van der Waals surface area contributed by atoms with E-state index in [9.17, 15) is 34.5 Å². The van der Waals surface area contributed by atoms with Crippen molar-refractivity contribution in [1.29, 1.82) is 0 Å². The molecule has 1 saturated carbocycles. The largest absolute Gasteiger partial charge is 0.460 e. The maximum absolute atomic E-state index is 14.1. The molecule has 1 aliphatic carbocycles. The van der Waals surface area contributed by atoms with Gasteiger partial charge in [-0.3, -0.25) is 14.4 Å². The molecule has 54 heavy (non-hydrogen) atoms. The number of methoxy groups -OCH3 is 1. The van der Waals surface area contributed by atoms with Gasteiger partial charge in [0.2, 0.25) is 5.79 Å². The number of hydrogen-bond acceptors (Lipinski definition) is 10. The van der Waals surface area contributed by atoms with Gasteiger partial charge in [0.25, 0.3) is 11.7 Å². The SMILES string of the molecule is CO[C@H]1C[C@@H]2CC[C@@H](C)[C@@](O)(O2)C(=O)C(=O)N2CCCC[C@H]2C(=O)OC([C@H](C)CC2CCC(O)CC2)C[C@@H](O)CC(=O)[C@H](C)C[C@H](C)/C=C/C=C/C=C/1C. The van der Waals surface area contributed by atoms with Gasteiger partial charge in [0.15, 0.2) is 0 Å². The summed E-state index contributed by atoms with van der Waals surface area (Å²) in [6.07, 6.45) is 14.1. The first-order valence-corrected chi connectivity index (χ1v) is 20.5. The van der Waals surface area contributed by atoms with E-state index in [0.29, 0.717) is 63.7 Å². The standard InChI is InChI=1S/C43H67NO10/c1-27-12-8-7-9-13-28(2)38(52-6)26-35-20-15-31(5)43(51,54-35)40(48)41(49)44-21-11-10-14-36(44)42(50)53-39(25-34(46)24-37(47)29(3)22-27)30(4)23-32-16-18-33(45)19-17-32/h7-9,12-13,27,29-36,38-39,45-46,51H,10-11,14-26H2,1-6H3/b9-7+,12-8+,28-13+/t27-,29-,30-,31-,32?,33?,34+,35+,36+,38+,39?,43-/m1/s1. The summed E-state index contributed by atoms with van der Waals surface area (Å²) in [5.41, 5.74) is 0.923. The summed E-state index contributed by atoms with van der Waals surface area (Å²) in [4.78, 5) is 56.6. The van der Waals surface area contributed by atoms with Crippen LogP contribution in [0.1, 0.15) is 125 Å². The molecule has 3 fully saturated rings. The minimum atomic E-state index is -2.37. The number of fused-ring (bicyclic) bond motifs is 3. The van der Waals surface area contributed by atoms with Crippen LogP contribution in [0.4, 0.5) is 0 Å². The highest BCUT2D eigenvalue weighted by Crippen LogP contribution is 2.37. The number of rotatable bonds is 4. The Balaban J connectivity index is 1.63. The number of ketones is 2. The van der Waals surface area contributed by atoms with E-state index in [0.717, 1.165) is 18.4 Å². The van der Waals surface area contributed by atoms with Crippen LogP contribution in [0.5, 0.6) is 0 Å². The third kappa shape index (κ3) is 11.9. The second kappa shape index (κ2) is 20.5. The van der Waals surface area contributed by atoms with Crippen molar-refractivity contribution in [1.82, 2.24) is 4.90 Å². The Bertz CT molecular complexity index is 1370. The second-order valence-corrected chi connectivity index (χ2v) is 16.9. The number of aliphatic hydroxyl groups excluding tert-OH is 2. The van der Waals surface area contributed by atoms with Crippen LogP contribution in [0.25, 0.3) is 0 Å². The average Bonchev–Trinajstić information content (AvgIpc) is 3.14. The molecule has 4 aliphatic rings. The summed E-state index contributed by atoms with van der Waals surface area (Å²) in [6.45, 7) is 9.68. The molecule has 11 nitrogen and oxygen atoms in total. The molecule has 1 unspecified atom stereocenters. The predicted molar refractivity (Wildman–Crippen MR) is 205 cm³/mol. The Morgan fingerprint density at radius 2 is 1.63 bits per heavy atom. The van der Waals surface area contributed by atoms with Crippen LogP contribution in [-0.2, 0) is 33.4 Å². The third-order valence-electron chi connectivity index (χ3n) is 12.4. The molecule has 4 rings (SSSR count). The average molecular weight is 758 g/mol. The number of carbonyl (C=O) groups is 4. The van der Waals surface area contributed by atoms with Crippen molar-refractivity contribution < 1.29 is 48.7 Å². The summed E-state index contributed by atoms with van der Waals surface area (Å²) in [7, 11) is 1.60. The van der Waals surface area contributed by atoms with E-state index in [1.54, 1.807) is 14.0 Å². The van der Waals surface area contributed by atoms with Gasteiger partial charge in [0.05, 0.1) is 24.4 Å². The number of carbonyl (C=O) groups excluding carboxylic acids is 4. The Labute approximate surface area is 322 Å². The number of Topliss-reactive ketones (excluding diaryl/α,β-unsaturated/α-hetero) is 2. The number of esters is 1. The van der Waals surface area contributed by atoms with E-state index in [4.69, 9.17) is 14.2 Å². The van der Waals surface area contributed by atoms with Gasteiger partial charge < -0.3 is 34.4 Å². The third-order valence-corrected chi connectivity index (χ3v) is 12.4. The van der Waals surface area contributed by atoms with Gasteiger partial charge in [-0.25, -0.2) is 4.79 Å². The van der Waals surface area contributed by atoms with Crippen LogP contribution in [0, 0.1) is 29.6 Å². The van der Waals surface area contributed by atoms with Crippen LogP contribution in [0.15, 0.2) is 36.0 Å². The van der Waals surface area contributed by atoms with Crippen molar-refractivity contribution in [2.24, 2.45) is 29.6 Å². The number of cyclic esters (lactones) is 1. The second-order valence-electron chi connectivity index (χ2n) is 16.9. The molecule has 2 bridgehead atoms. The lowest BCUT2D eigenvalue weighted by Crippen LogP contribution is -2.61. The number of hydrogen-bond donors (Lipinski definition) is 3. The van der Waals surface area contributed by atoms with E-state index < -0.39 is 53.7 Å². The summed E-state index contributed by atoms with van der Waals surface area (Å²) in [5, 5.41) is 33.1. The summed E-state index contributed by atoms with van der Waals surface area (Å²) >= 11 is 0. The molecule has 0 aromatic heterocycles. The van der Waals surface area contributed by atoms with Gasteiger partial charge in [-0.1, -0.05) is 58.1 Å². The fraction of sp³-hybridized carbons (Fsp3) is 0.767. The number of allylic oxidation sites excluding steroid dienone is 5. The quantitative estimate of drug-likeness (QED) is 0.237. The van der Waals surface area contributed by atoms with E-state index in [2.05, 4.69) is 6.92 Å². The molecule has 3 N–H and O–H groups in total. The maximum atomic E-state index is 14.1. The normalized spacial score (nSPS) is 40.2. The van der Waals surface area contributed by atoms with E-state index in [1.807, 2.05) is 51.2 Å². The lowest BCUT2D eigenvalue weighted by molar-refractivity contribution is -0.265. The van der Waals surface area contributed by atoms with Crippen LogP contribution in [0.3, 0.4) is 0 Å². The number of amides is 1. The molecule has 11 heteroatoms. The van der Waals surface area contributed by atoms with Crippen molar-refractivity contribution in [2.45, 2.75) is 167 Å². The minimum absolute atomic E-state index is 0.0580. The summed E-state index contributed by atoms with van der Waals surface area (Å²) < 4.78 is 18.1. The maximum Gasteiger partial charge on any atom is 0.329 e. The molecule has 0 spiro atoms. The fourth-order valence-electron chi connectivity index (χ4n) is 8.78. The Morgan fingerprint density at radius 1 is 0.907 bits per heavy atom. The van der Waals surface area contributed by atoms with Crippen molar-refractivity contribution >= 4 is 23.4 Å². The van der Waals surface area contributed by atoms with Crippen LogP contribution in [-0.4, -0.2) is 99.7 Å². The first-order valence-electron chi connectivity index (χ1n) is 20.5. The molecular formula is C43H67NO10. The van der Waals surface area contributed by atoms with Crippen LogP contribution >= 0.6 is 0 Å². The van der Waals surface area contributed by atoms with Gasteiger partial charge in [0, 0.05) is 44.8 Å². The smallest absolute Gasteiger partial charge is 0.329 e. The molecule has 1 amide bonds. The van der Waals surface area contributed by atoms with E-state index in [-0.39, 0.29) is 61.6 Å². The van der Waals surface area contributed by atoms with Crippen LogP contribution < -0.4 is 0 Å². The van der Waals surface area contributed by atoms with Gasteiger partial charge in [0.1, 0.15) is 17.9 Å². The monoisotopic (exact) mass is 757 g/mol. The number of ether oxygens (including phenoxy) is 3. The Kier molecular flexibility index (Phi) is 16.7. The molecule has 0 radical (unpaired) electrons. The highest BCUT2D eigenvalue weighted by molar-refractivity contribution is 6.39. The van der Waals surface area contributed by atoms with Crippen molar-refractivity contribution in [3.8, 4) is 0 Å². The zero-order chi connectivity index (χ0) is 39.6. The van der Waals surface area contributed by atoms with Crippen molar-refractivity contribution in [3.63, 3.8) is 0 Å². The fourth-order valence-corrected chi connectivity index (χ4v) is 8.78. The minimum Gasteiger partial charge on any atom is -0.460 e. The van der Waals surface area contributed by atoms with Gasteiger partial charge in [-0.05, 0) is 101 Å². The molecule has 2 saturated heterocycles. The highest BCUT2D eigenvalue weighted by atomic mass is 16.6. The lowest BCUT2D eigenvalue weighted by atomic mass is 9.79.